The van der Waals surface area contributed by atoms with Crippen molar-refractivity contribution < 1.29 is 17.9 Å². The third-order valence-corrected chi connectivity index (χ3v) is 4.40. The number of hydrogen-bond donors (Lipinski definition) is 1. The largest absolute Gasteiger partial charge is 0.382 e. The predicted octanol–water partition coefficient (Wildman–Crippen LogP) is 0.452. The Labute approximate surface area is 105 Å². The van der Waals surface area contributed by atoms with E-state index in [0.717, 1.165) is 6.42 Å². The number of hydrogen-bond acceptors (Lipinski definition) is 5. The monoisotopic (exact) mass is 267 g/mol. The van der Waals surface area contributed by atoms with Gasteiger partial charge in [-0.25, -0.2) is 8.42 Å². The molecule has 0 aliphatic heterocycles. The fourth-order valence-corrected chi connectivity index (χ4v) is 2.27. The molecule has 0 saturated heterocycles. The van der Waals surface area contributed by atoms with Crippen LogP contribution in [-0.2, 0) is 19.3 Å². The van der Waals surface area contributed by atoms with Gasteiger partial charge in [-0.2, -0.15) is 0 Å². The molecule has 0 aliphatic rings. The summed E-state index contributed by atoms with van der Waals surface area (Å²) < 4.78 is 32.9. The minimum Gasteiger partial charge on any atom is -0.382 e. The molecule has 6 heteroatoms. The fourth-order valence-electron chi connectivity index (χ4n) is 1.37. The maximum absolute atomic E-state index is 11.3. The van der Waals surface area contributed by atoms with E-state index < -0.39 is 9.84 Å². The van der Waals surface area contributed by atoms with Gasteiger partial charge in [-0.3, -0.25) is 0 Å². The summed E-state index contributed by atoms with van der Waals surface area (Å²) in [6.07, 6.45) is 1.48. The first-order valence-corrected chi connectivity index (χ1v) is 7.82. The van der Waals surface area contributed by atoms with E-state index in [1.54, 1.807) is 14.0 Å². The Balaban J connectivity index is 3.68. The van der Waals surface area contributed by atoms with Gasteiger partial charge in [-0.1, -0.05) is 6.92 Å². The second-order valence-electron chi connectivity index (χ2n) is 3.93. The van der Waals surface area contributed by atoms with Gasteiger partial charge in [0.05, 0.1) is 25.6 Å². The third-order valence-electron chi connectivity index (χ3n) is 2.61. The van der Waals surface area contributed by atoms with Gasteiger partial charge < -0.3 is 14.8 Å². The molecule has 1 N–H and O–H groups in total. The highest BCUT2D eigenvalue weighted by molar-refractivity contribution is 7.91. The highest BCUT2D eigenvalue weighted by Crippen LogP contribution is 2.02. The number of nitrogens with one attached hydrogen (secondary N) is 1. The normalized spacial score (nSPS) is 13.8. The molecule has 0 amide bonds. The van der Waals surface area contributed by atoms with Crippen molar-refractivity contribution in [2.24, 2.45) is 0 Å². The van der Waals surface area contributed by atoms with Gasteiger partial charge in [0.25, 0.3) is 0 Å². The van der Waals surface area contributed by atoms with Gasteiger partial charge >= 0.3 is 0 Å². The number of rotatable bonds is 11. The molecule has 1 unspecified atom stereocenters. The standard InChI is InChI=1S/C11H25NO4S/c1-4-17(13,14)9-5-6-11(12-2)10-16-8-7-15-3/h11-12H,4-10H2,1-3H3. The van der Waals surface area contributed by atoms with Crippen LogP contribution in [0.5, 0.6) is 0 Å². The molecule has 0 rings (SSSR count). The lowest BCUT2D eigenvalue weighted by Gasteiger charge is -2.16. The van der Waals surface area contributed by atoms with Crippen LogP contribution in [0.25, 0.3) is 0 Å². The Morgan fingerprint density at radius 3 is 2.53 bits per heavy atom. The first kappa shape index (κ1) is 16.8. The van der Waals surface area contributed by atoms with Crippen molar-refractivity contribution in [3.8, 4) is 0 Å². The number of methoxy groups -OCH3 is 1. The fraction of sp³-hybridized carbons (Fsp3) is 1.00. The van der Waals surface area contributed by atoms with Crippen LogP contribution in [0.1, 0.15) is 19.8 Å². The van der Waals surface area contributed by atoms with Crippen molar-refractivity contribution in [2.45, 2.75) is 25.8 Å². The molecule has 0 aromatic heterocycles. The lowest BCUT2D eigenvalue weighted by Crippen LogP contribution is -2.31. The average Bonchev–Trinajstić information content (AvgIpc) is 2.32. The molecule has 0 bridgehead atoms. The van der Waals surface area contributed by atoms with Gasteiger partial charge in [0.2, 0.25) is 0 Å². The Kier molecular flexibility index (Phi) is 9.72. The van der Waals surface area contributed by atoms with Crippen LogP contribution < -0.4 is 5.32 Å². The third kappa shape index (κ3) is 9.52. The molecule has 0 aromatic carbocycles. The summed E-state index contributed by atoms with van der Waals surface area (Å²) in [5.41, 5.74) is 0. The number of sulfone groups is 1. The molecule has 0 heterocycles. The molecule has 1 atom stereocenters. The van der Waals surface area contributed by atoms with E-state index in [1.165, 1.54) is 0 Å². The first-order valence-electron chi connectivity index (χ1n) is 6.00. The van der Waals surface area contributed by atoms with Crippen LogP contribution in [0.15, 0.2) is 0 Å². The average molecular weight is 267 g/mol. The van der Waals surface area contributed by atoms with Crippen molar-refractivity contribution >= 4 is 9.84 Å². The smallest absolute Gasteiger partial charge is 0.150 e. The van der Waals surface area contributed by atoms with Crippen molar-refractivity contribution in [1.82, 2.24) is 5.32 Å². The molecule has 0 spiro atoms. The quantitative estimate of drug-likeness (QED) is 0.551. The van der Waals surface area contributed by atoms with E-state index in [2.05, 4.69) is 5.32 Å². The zero-order valence-corrected chi connectivity index (χ0v) is 11.9. The predicted molar refractivity (Wildman–Crippen MR) is 69.1 cm³/mol. The highest BCUT2D eigenvalue weighted by atomic mass is 32.2. The van der Waals surface area contributed by atoms with Crippen LogP contribution in [-0.4, -0.2) is 59.9 Å². The second kappa shape index (κ2) is 9.82. The van der Waals surface area contributed by atoms with E-state index in [0.29, 0.717) is 26.2 Å². The van der Waals surface area contributed by atoms with Crippen LogP contribution in [0, 0.1) is 0 Å². The van der Waals surface area contributed by atoms with Crippen molar-refractivity contribution in [3.05, 3.63) is 0 Å². The van der Waals surface area contributed by atoms with Crippen molar-refractivity contribution in [2.75, 3.05) is 45.5 Å². The molecule has 0 saturated carbocycles. The molecule has 5 nitrogen and oxygen atoms in total. The minimum absolute atomic E-state index is 0.207. The SMILES string of the molecule is CCS(=O)(=O)CCCC(COCCOC)NC. The topological polar surface area (TPSA) is 64.6 Å². The lowest BCUT2D eigenvalue weighted by molar-refractivity contribution is 0.0585. The molecular formula is C11H25NO4S. The Morgan fingerprint density at radius 2 is 2.00 bits per heavy atom. The minimum atomic E-state index is -2.84. The summed E-state index contributed by atoms with van der Waals surface area (Å²) >= 11 is 0. The Hall–Kier alpha value is -0.170. The molecule has 0 radical (unpaired) electrons. The lowest BCUT2D eigenvalue weighted by atomic mass is 10.2. The second-order valence-corrected chi connectivity index (χ2v) is 6.40. The van der Waals surface area contributed by atoms with Gasteiger partial charge in [0.15, 0.2) is 0 Å². The van der Waals surface area contributed by atoms with Gasteiger partial charge in [-0.05, 0) is 19.9 Å². The van der Waals surface area contributed by atoms with Gasteiger partial charge in [0.1, 0.15) is 9.84 Å². The van der Waals surface area contributed by atoms with E-state index in [9.17, 15) is 8.42 Å². The molecule has 0 fully saturated rings. The zero-order valence-electron chi connectivity index (χ0n) is 11.1. The van der Waals surface area contributed by atoms with Crippen LogP contribution >= 0.6 is 0 Å². The maximum atomic E-state index is 11.3. The molecule has 0 aliphatic carbocycles. The highest BCUT2D eigenvalue weighted by Gasteiger charge is 2.10. The van der Waals surface area contributed by atoms with Crippen LogP contribution in [0.3, 0.4) is 0 Å². The van der Waals surface area contributed by atoms with Gasteiger partial charge in [0, 0.05) is 18.9 Å². The van der Waals surface area contributed by atoms with Gasteiger partial charge in [-0.15, -0.1) is 0 Å². The van der Waals surface area contributed by atoms with E-state index >= 15 is 0 Å². The van der Waals surface area contributed by atoms with E-state index in [-0.39, 0.29) is 17.5 Å². The molecule has 104 valence electrons. The summed E-state index contributed by atoms with van der Waals surface area (Å²) in [4.78, 5) is 0. The van der Waals surface area contributed by atoms with Crippen LogP contribution in [0.2, 0.25) is 0 Å². The molecular weight excluding hydrogens is 242 g/mol. The van der Waals surface area contributed by atoms with Crippen molar-refractivity contribution in [3.63, 3.8) is 0 Å². The summed E-state index contributed by atoms with van der Waals surface area (Å²) in [5.74, 6) is 0.487. The summed E-state index contributed by atoms with van der Waals surface area (Å²) in [6, 6.07) is 0.207. The summed E-state index contributed by atoms with van der Waals surface area (Å²) in [5, 5.41) is 3.12. The summed E-state index contributed by atoms with van der Waals surface area (Å²) in [6.45, 7) is 3.42. The number of ether oxygens (including phenoxy) is 2. The Morgan fingerprint density at radius 1 is 1.29 bits per heavy atom. The van der Waals surface area contributed by atoms with E-state index in [4.69, 9.17) is 9.47 Å². The Bertz CT molecular complexity index is 267. The molecule has 0 aromatic rings. The van der Waals surface area contributed by atoms with Crippen LogP contribution in [0.4, 0.5) is 0 Å². The van der Waals surface area contributed by atoms with E-state index in [1.807, 2.05) is 7.05 Å². The van der Waals surface area contributed by atoms with Crippen molar-refractivity contribution in [1.29, 1.82) is 0 Å². The number of likely N-dealkylation sites (N-methyl/N-ethyl adjacent to an activating group) is 1. The zero-order chi connectivity index (χ0) is 13.1. The molecule has 17 heavy (non-hydrogen) atoms. The summed E-state index contributed by atoms with van der Waals surface area (Å²) in [7, 11) is 0.652. The maximum Gasteiger partial charge on any atom is 0.150 e. The first-order chi connectivity index (χ1) is 8.05.